The predicted octanol–water partition coefficient (Wildman–Crippen LogP) is 6.42. The molecule has 11 nitrogen and oxygen atoms in total. The van der Waals surface area contributed by atoms with Gasteiger partial charge in [0.05, 0.1) is 50.9 Å². The summed E-state index contributed by atoms with van der Waals surface area (Å²) in [5.74, 6) is -3.99. The second-order valence-electron chi connectivity index (χ2n) is 11.9. The Morgan fingerprint density at radius 3 is 2.00 bits per heavy atom. The van der Waals surface area contributed by atoms with E-state index in [4.69, 9.17) is 42.1 Å². The number of likely N-dealkylation sites (N-methyl/N-ethyl adjacent to an activating group) is 1. The standard InChI is InChI=1S/C35H42Cl2N2O9/c1-7-39(34(44)48-35(2,3)4)17-18-47-20-22-12-9-8-11-21(22)15-16-25-29(32(42)45-5)31(28-23(36)13-10-14-24(28)37)30(33(43)46-6)26(38-25)19-27(40)41/h8-14,31,38H,7,15-20H2,1-6H3,(H,40,41). The molecule has 0 aromatic heterocycles. The van der Waals surface area contributed by atoms with Gasteiger partial charge in [0.2, 0.25) is 0 Å². The van der Waals surface area contributed by atoms with Gasteiger partial charge < -0.3 is 34.3 Å². The highest BCUT2D eigenvalue weighted by Gasteiger charge is 2.41. The minimum atomic E-state index is -1.21. The number of ether oxygens (including phenoxy) is 4. The number of aliphatic carboxylic acids is 1. The fourth-order valence-electron chi connectivity index (χ4n) is 5.34. The summed E-state index contributed by atoms with van der Waals surface area (Å²) in [7, 11) is 2.37. The summed E-state index contributed by atoms with van der Waals surface area (Å²) in [6.45, 7) is 8.65. The first-order valence-corrected chi connectivity index (χ1v) is 16.2. The van der Waals surface area contributed by atoms with Crippen LogP contribution in [0, 0.1) is 0 Å². The summed E-state index contributed by atoms with van der Waals surface area (Å²) in [5, 5.41) is 13.1. The van der Waals surface area contributed by atoms with Crippen LogP contribution < -0.4 is 5.32 Å². The van der Waals surface area contributed by atoms with Crippen LogP contribution in [0.25, 0.3) is 0 Å². The number of nitrogens with one attached hydrogen (secondary N) is 1. The number of dihydropyridines is 1. The molecule has 260 valence electrons. The Kier molecular flexibility index (Phi) is 13.9. The number of benzene rings is 2. The zero-order chi connectivity index (χ0) is 35.6. The van der Waals surface area contributed by atoms with Gasteiger partial charge in [0.15, 0.2) is 0 Å². The Hall–Kier alpha value is -4.06. The average molecular weight is 706 g/mol. The maximum atomic E-state index is 13.5. The topological polar surface area (TPSA) is 141 Å². The maximum Gasteiger partial charge on any atom is 0.410 e. The van der Waals surface area contributed by atoms with E-state index in [2.05, 4.69) is 5.32 Å². The van der Waals surface area contributed by atoms with Gasteiger partial charge in [-0.05, 0) is 63.8 Å². The SMILES string of the molecule is CCN(CCOCc1ccccc1CCC1=C(C(=O)OC)C(c2c(Cl)cccc2Cl)C(C(=O)OC)=C(CC(=O)O)N1)C(=O)OC(C)(C)C. The molecular weight excluding hydrogens is 663 g/mol. The lowest BCUT2D eigenvalue weighted by molar-refractivity contribution is -0.137. The number of carbonyl (C=O) groups excluding carboxylic acids is 3. The summed E-state index contributed by atoms with van der Waals surface area (Å²) in [4.78, 5) is 52.7. The molecule has 48 heavy (non-hydrogen) atoms. The minimum Gasteiger partial charge on any atom is -0.481 e. The van der Waals surface area contributed by atoms with Gasteiger partial charge in [-0.2, -0.15) is 0 Å². The van der Waals surface area contributed by atoms with Crippen LogP contribution in [0.3, 0.4) is 0 Å². The van der Waals surface area contributed by atoms with Gasteiger partial charge in [-0.1, -0.05) is 53.5 Å². The molecule has 1 heterocycles. The fraction of sp³-hybridized carbons (Fsp3) is 0.429. The quantitative estimate of drug-likeness (QED) is 0.129. The zero-order valence-electron chi connectivity index (χ0n) is 28.0. The first-order valence-electron chi connectivity index (χ1n) is 15.4. The van der Waals surface area contributed by atoms with Crippen LogP contribution in [0.5, 0.6) is 0 Å². The van der Waals surface area contributed by atoms with Gasteiger partial charge >= 0.3 is 24.0 Å². The lowest BCUT2D eigenvalue weighted by atomic mass is 9.78. The smallest absolute Gasteiger partial charge is 0.410 e. The number of amides is 1. The average Bonchev–Trinajstić information content (AvgIpc) is 3.02. The minimum absolute atomic E-state index is 0.0417. The fourth-order valence-corrected chi connectivity index (χ4v) is 5.95. The van der Waals surface area contributed by atoms with Crippen molar-refractivity contribution < 1.29 is 43.2 Å². The Morgan fingerprint density at radius 2 is 1.46 bits per heavy atom. The molecular formula is C35H42Cl2N2O9. The number of halogens is 2. The first-order chi connectivity index (χ1) is 22.7. The third-order valence-corrected chi connectivity index (χ3v) is 8.17. The van der Waals surface area contributed by atoms with E-state index in [0.29, 0.717) is 25.2 Å². The molecule has 1 aliphatic heterocycles. The van der Waals surface area contributed by atoms with Gasteiger partial charge in [-0.25, -0.2) is 14.4 Å². The number of rotatable bonds is 14. The molecule has 1 aliphatic rings. The second kappa shape index (κ2) is 17.4. The number of carboxylic acids is 1. The summed E-state index contributed by atoms with van der Waals surface area (Å²) in [6.07, 6.45) is -0.353. The molecule has 2 N–H and O–H groups in total. The molecule has 0 spiro atoms. The number of carbonyl (C=O) groups is 4. The number of aryl methyl sites for hydroxylation is 1. The Balaban J connectivity index is 1.94. The molecule has 0 saturated heterocycles. The van der Waals surface area contributed by atoms with Crippen molar-refractivity contribution in [3.63, 3.8) is 0 Å². The molecule has 1 amide bonds. The maximum absolute atomic E-state index is 13.5. The lowest BCUT2D eigenvalue weighted by Gasteiger charge is -2.33. The molecule has 2 aromatic rings. The molecule has 0 aliphatic carbocycles. The van der Waals surface area contributed by atoms with Crippen molar-refractivity contribution in [1.82, 2.24) is 10.2 Å². The van der Waals surface area contributed by atoms with Crippen molar-refractivity contribution in [2.75, 3.05) is 33.9 Å². The highest BCUT2D eigenvalue weighted by Crippen LogP contribution is 2.45. The van der Waals surface area contributed by atoms with Gasteiger partial charge in [-0.3, -0.25) is 4.79 Å². The van der Waals surface area contributed by atoms with Gasteiger partial charge in [0.25, 0.3) is 0 Å². The van der Waals surface area contributed by atoms with Gasteiger partial charge in [0.1, 0.15) is 5.60 Å². The molecule has 1 unspecified atom stereocenters. The molecule has 1 atom stereocenters. The van der Waals surface area contributed by atoms with E-state index >= 15 is 0 Å². The Bertz CT molecular complexity index is 1560. The number of allylic oxidation sites excluding steroid dienone is 1. The van der Waals surface area contributed by atoms with Crippen molar-refractivity contribution in [3.05, 3.63) is 91.7 Å². The van der Waals surface area contributed by atoms with Crippen LogP contribution in [0.1, 0.15) is 63.1 Å². The van der Waals surface area contributed by atoms with E-state index < -0.39 is 41.9 Å². The monoisotopic (exact) mass is 704 g/mol. The van der Waals surface area contributed by atoms with E-state index in [0.717, 1.165) is 18.2 Å². The molecule has 0 bridgehead atoms. The highest BCUT2D eigenvalue weighted by atomic mass is 35.5. The van der Waals surface area contributed by atoms with E-state index in [-0.39, 0.29) is 52.1 Å². The van der Waals surface area contributed by atoms with Crippen LogP contribution in [0.2, 0.25) is 10.0 Å². The van der Waals surface area contributed by atoms with Crippen LogP contribution in [-0.2, 0) is 46.4 Å². The van der Waals surface area contributed by atoms with Crippen molar-refractivity contribution in [2.24, 2.45) is 0 Å². The second-order valence-corrected chi connectivity index (χ2v) is 12.7. The number of carboxylic acid groups (broad SMARTS) is 1. The van der Waals surface area contributed by atoms with E-state index in [9.17, 15) is 24.3 Å². The molecule has 0 radical (unpaired) electrons. The number of nitrogens with zero attached hydrogens (tertiary/aromatic N) is 1. The number of hydrogen-bond acceptors (Lipinski definition) is 9. The number of esters is 2. The highest BCUT2D eigenvalue weighted by molar-refractivity contribution is 6.36. The molecule has 0 saturated carbocycles. The van der Waals surface area contributed by atoms with E-state index in [1.807, 2.05) is 52.0 Å². The number of methoxy groups -OCH3 is 2. The van der Waals surface area contributed by atoms with E-state index in [1.165, 1.54) is 7.11 Å². The zero-order valence-corrected chi connectivity index (χ0v) is 29.5. The van der Waals surface area contributed by atoms with Crippen LogP contribution in [0.15, 0.2) is 65.0 Å². The van der Waals surface area contributed by atoms with Crippen molar-refractivity contribution in [1.29, 1.82) is 0 Å². The lowest BCUT2D eigenvalue weighted by Crippen LogP contribution is -2.38. The van der Waals surface area contributed by atoms with Gasteiger partial charge in [-0.15, -0.1) is 0 Å². The third-order valence-electron chi connectivity index (χ3n) is 7.52. The summed E-state index contributed by atoms with van der Waals surface area (Å²) < 4.78 is 21.6. The van der Waals surface area contributed by atoms with E-state index in [1.54, 1.807) is 23.1 Å². The molecule has 2 aromatic carbocycles. The Labute approximate surface area is 290 Å². The Morgan fingerprint density at radius 1 is 0.875 bits per heavy atom. The van der Waals surface area contributed by atoms with Crippen LogP contribution in [-0.4, -0.2) is 73.5 Å². The van der Waals surface area contributed by atoms with Crippen molar-refractivity contribution >= 4 is 47.2 Å². The summed E-state index contributed by atoms with van der Waals surface area (Å²) in [5.41, 5.74) is 1.76. The van der Waals surface area contributed by atoms with Crippen LogP contribution in [0.4, 0.5) is 4.79 Å². The van der Waals surface area contributed by atoms with Crippen LogP contribution >= 0.6 is 23.2 Å². The van der Waals surface area contributed by atoms with Gasteiger partial charge in [0, 0.05) is 40.1 Å². The molecule has 13 heteroatoms. The molecule has 3 rings (SSSR count). The first kappa shape index (κ1) is 38.4. The summed E-state index contributed by atoms with van der Waals surface area (Å²) in [6, 6.07) is 12.3. The predicted molar refractivity (Wildman–Crippen MR) is 181 cm³/mol. The number of hydrogen-bond donors (Lipinski definition) is 2. The largest absolute Gasteiger partial charge is 0.481 e. The van der Waals surface area contributed by atoms with Crippen molar-refractivity contribution in [3.8, 4) is 0 Å². The summed E-state index contributed by atoms with van der Waals surface area (Å²) >= 11 is 13.2. The normalized spacial score (nSPS) is 14.7. The van der Waals surface area contributed by atoms with Crippen molar-refractivity contribution in [2.45, 2.75) is 65.1 Å². The third kappa shape index (κ3) is 9.98. The molecule has 0 fully saturated rings.